The number of amides is 2. The number of hydrogen-bond donors (Lipinski definition) is 1. The lowest BCUT2D eigenvalue weighted by atomic mass is 9.95. The number of carbonyl (C=O) groups is 2. The predicted molar refractivity (Wildman–Crippen MR) is 95.2 cm³/mol. The van der Waals surface area contributed by atoms with E-state index in [9.17, 15) is 9.59 Å². The van der Waals surface area contributed by atoms with E-state index in [1.807, 2.05) is 42.2 Å². The van der Waals surface area contributed by atoms with E-state index in [0.29, 0.717) is 52.0 Å². The SMILES string of the molecule is CCN(CCO)C(=O)C1CCN(C(=O)CCOc2ccccc2)CC1. The molecule has 0 atom stereocenters. The summed E-state index contributed by atoms with van der Waals surface area (Å²) in [5, 5.41) is 9.04. The lowest BCUT2D eigenvalue weighted by molar-refractivity contribution is -0.141. The van der Waals surface area contributed by atoms with E-state index >= 15 is 0 Å². The first kappa shape index (κ1) is 19.2. The standard InChI is InChI=1S/C19H28N2O4/c1-2-20(13-14-22)19(24)16-8-11-21(12-9-16)18(23)10-15-25-17-6-4-3-5-7-17/h3-7,16,22H,2,8-15H2,1H3. The largest absolute Gasteiger partial charge is 0.493 e. The van der Waals surface area contributed by atoms with Gasteiger partial charge in [0.05, 0.1) is 19.6 Å². The van der Waals surface area contributed by atoms with Crippen molar-refractivity contribution < 1.29 is 19.4 Å². The second-order valence-electron chi connectivity index (χ2n) is 6.21. The Balaban J connectivity index is 1.71. The van der Waals surface area contributed by atoms with Crippen molar-refractivity contribution in [2.75, 3.05) is 39.4 Å². The molecule has 1 fully saturated rings. The van der Waals surface area contributed by atoms with Crippen LogP contribution in [-0.4, -0.2) is 66.1 Å². The van der Waals surface area contributed by atoms with Crippen molar-refractivity contribution in [3.05, 3.63) is 30.3 Å². The number of aliphatic hydroxyl groups excluding tert-OH is 1. The van der Waals surface area contributed by atoms with Gasteiger partial charge >= 0.3 is 0 Å². The van der Waals surface area contributed by atoms with E-state index in [0.717, 1.165) is 5.75 Å². The summed E-state index contributed by atoms with van der Waals surface area (Å²) in [7, 11) is 0. The molecule has 2 rings (SSSR count). The summed E-state index contributed by atoms with van der Waals surface area (Å²) in [6.45, 7) is 4.47. The summed E-state index contributed by atoms with van der Waals surface area (Å²) < 4.78 is 5.57. The molecule has 0 spiro atoms. The van der Waals surface area contributed by atoms with Gasteiger partial charge < -0.3 is 19.6 Å². The van der Waals surface area contributed by atoms with Crippen molar-refractivity contribution in [3.8, 4) is 5.75 Å². The molecule has 0 bridgehead atoms. The summed E-state index contributed by atoms with van der Waals surface area (Å²) in [5.74, 6) is 0.889. The van der Waals surface area contributed by atoms with Crippen LogP contribution in [0, 0.1) is 5.92 Å². The fourth-order valence-electron chi connectivity index (χ4n) is 3.11. The zero-order valence-electron chi connectivity index (χ0n) is 14.9. The summed E-state index contributed by atoms with van der Waals surface area (Å²) in [6, 6.07) is 9.45. The van der Waals surface area contributed by atoms with Crippen LogP contribution < -0.4 is 4.74 Å². The minimum atomic E-state index is -0.0453. The van der Waals surface area contributed by atoms with Gasteiger partial charge in [-0.3, -0.25) is 9.59 Å². The molecule has 1 aliphatic heterocycles. The van der Waals surface area contributed by atoms with Crippen LogP contribution in [0.1, 0.15) is 26.2 Å². The van der Waals surface area contributed by atoms with E-state index in [-0.39, 0.29) is 24.3 Å². The topological polar surface area (TPSA) is 70.1 Å². The van der Waals surface area contributed by atoms with Gasteiger partial charge in [-0.15, -0.1) is 0 Å². The van der Waals surface area contributed by atoms with Crippen LogP contribution in [0.4, 0.5) is 0 Å². The molecule has 1 aromatic carbocycles. The van der Waals surface area contributed by atoms with Gasteiger partial charge in [-0.2, -0.15) is 0 Å². The number of aliphatic hydroxyl groups is 1. The lowest BCUT2D eigenvalue weighted by Gasteiger charge is -2.34. The third kappa shape index (κ3) is 5.74. The van der Waals surface area contributed by atoms with Crippen LogP contribution in [0.15, 0.2) is 30.3 Å². The van der Waals surface area contributed by atoms with Gasteiger partial charge in [-0.05, 0) is 31.9 Å². The molecule has 0 aromatic heterocycles. The predicted octanol–water partition coefficient (Wildman–Crippen LogP) is 1.53. The highest BCUT2D eigenvalue weighted by Gasteiger charge is 2.29. The smallest absolute Gasteiger partial charge is 0.225 e. The Morgan fingerprint density at radius 2 is 1.92 bits per heavy atom. The molecular weight excluding hydrogens is 320 g/mol. The molecule has 0 radical (unpaired) electrons. The summed E-state index contributed by atoms with van der Waals surface area (Å²) in [6.07, 6.45) is 1.72. The van der Waals surface area contributed by atoms with Gasteiger partial charge in [-0.25, -0.2) is 0 Å². The van der Waals surface area contributed by atoms with Gasteiger partial charge in [0.15, 0.2) is 0 Å². The number of hydrogen-bond acceptors (Lipinski definition) is 4. The number of ether oxygens (including phenoxy) is 1. The third-order valence-corrected chi connectivity index (χ3v) is 4.59. The quantitative estimate of drug-likeness (QED) is 0.774. The Morgan fingerprint density at radius 3 is 2.52 bits per heavy atom. The Labute approximate surface area is 149 Å². The summed E-state index contributed by atoms with van der Waals surface area (Å²) in [4.78, 5) is 28.2. The molecule has 1 N–H and O–H groups in total. The van der Waals surface area contributed by atoms with Crippen molar-refractivity contribution in [1.82, 2.24) is 9.80 Å². The molecule has 6 heteroatoms. The van der Waals surface area contributed by atoms with Crippen molar-refractivity contribution in [2.24, 2.45) is 5.92 Å². The fourth-order valence-corrected chi connectivity index (χ4v) is 3.11. The first-order chi connectivity index (χ1) is 12.2. The van der Waals surface area contributed by atoms with E-state index in [4.69, 9.17) is 9.84 Å². The molecule has 2 amide bonds. The Morgan fingerprint density at radius 1 is 1.24 bits per heavy atom. The van der Waals surface area contributed by atoms with E-state index in [1.165, 1.54) is 0 Å². The maximum Gasteiger partial charge on any atom is 0.225 e. The zero-order valence-corrected chi connectivity index (χ0v) is 14.9. The average molecular weight is 348 g/mol. The minimum Gasteiger partial charge on any atom is -0.493 e. The minimum absolute atomic E-state index is 0.0156. The maximum atomic E-state index is 12.4. The fraction of sp³-hybridized carbons (Fsp3) is 0.579. The molecule has 1 saturated heterocycles. The van der Waals surface area contributed by atoms with E-state index in [1.54, 1.807) is 4.90 Å². The van der Waals surface area contributed by atoms with Crippen LogP contribution >= 0.6 is 0 Å². The van der Waals surface area contributed by atoms with Crippen molar-refractivity contribution in [1.29, 1.82) is 0 Å². The molecule has 138 valence electrons. The van der Waals surface area contributed by atoms with Gasteiger partial charge in [0.2, 0.25) is 11.8 Å². The highest BCUT2D eigenvalue weighted by molar-refractivity contribution is 5.80. The molecule has 1 heterocycles. The highest BCUT2D eigenvalue weighted by Crippen LogP contribution is 2.20. The Hall–Kier alpha value is -2.08. The Bertz CT molecular complexity index is 542. The molecule has 1 aliphatic rings. The van der Waals surface area contributed by atoms with Gasteiger partial charge in [0.25, 0.3) is 0 Å². The number of para-hydroxylation sites is 1. The average Bonchev–Trinajstić information content (AvgIpc) is 2.66. The van der Waals surface area contributed by atoms with Crippen molar-refractivity contribution in [2.45, 2.75) is 26.2 Å². The van der Waals surface area contributed by atoms with Crippen LogP contribution in [0.25, 0.3) is 0 Å². The summed E-state index contributed by atoms with van der Waals surface area (Å²) in [5.41, 5.74) is 0. The normalized spacial score (nSPS) is 15.0. The van der Waals surface area contributed by atoms with Crippen LogP contribution in [-0.2, 0) is 9.59 Å². The molecule has 25 heavy (non-hydrogen) atoms. The highest BCUT2D eigenvalue weighted by atomic mass is 16.5. The maximum absolute atomic E-state index is 12.4. The van der Waals surface area contributed by atoms with E-state index in [2.05, 4.69) is 0 Å². The number of rotatable bonds is 8. The van der Waals surface area contributed by atoms with Crippen LogP contribution in [0.3, 0.4) is 0 Å². The second kappa shape index (κ2) is 10.0. The molecular formula is C19H28N2O4. The van der Waals surface area contributed by atoms with Crippen LogP contribution in [0.5, 0.6) is 5.75 Å². The Kier molecular flexibility index (Phi) is 7.73. The summed E-state index contributed by atoms with van der Waals surface area (Å²) >= 11 is 0. The molecule has 6 nitrogen and oxygen atoms in total. The molecule has 0 aliphatic carbocycles. The number of likely N-dealkylation sites (tertiary alicyclic amines) is 1. The van der Waals surface area contributed by atoms with Gasteiger partial charge in [0.1, 0.15) is 5.75 Å². The first-order valence-corrected chi connectivity index (χ1v) is 9.01. The van der Waals surface area contributed by atoms with Crippen LogP contribution in [0.2, 0.25) is 0 Å². The second-order valence-corrected chi connectivity index (χ2v) is 6.21. The zero-order chi connectivity index (χ0) is 18.1. The lowest BCUT2D eigenvalue weighted by Crippen LogP contribution is -2.45. The van der Waals surface area contributed by atoms with E-state index < -0.39 is 0 Å². The monoisotopic (exact) mass is 348 g/mol. The molecule has 0 unspecified atom stereocenters. The number of benzene rings is 1. The van der Waals surface area contributed by atoms with Crippen molar-refractivity contribution >= 4 is 11.8 Å². The molecule has 1 aromatic rings. The molecule has 0 saturated carbocycles. The first-order valence-electron chi connectivity index (χ1n) is 9.01. The third-order valence-electron chi connectivity index (χ3n) is 4.59. The number of piperidine rings is 1. The van der Waals surface area contributed by atoms with Gasteiger partial charge in [-0.1, -0.05) is 18.2 Å². The number of likely N-dealkylation sites (N-methyl/N-ethyl adjacent to an activating group) is 1. The van der Waals surface area contributed by atoms with Crippen molar-refractivity contribution in [3.63, 3.8) is 0 Å². The van der Waals surface area contributed by atoms with Gasteiger partial charge in [0, 0.05) is 32.1 Å². The number of nitrogens with zero attached hydrogens (tertiary/aromatic N) is 2. The number of carbonyl (C=O) groups excluding carboxylic acids is 2.